The Kier molecular flexibility index (Phi) is 2.90. The number of nitrogens with zero attached hydrogens (tertiary/aromatic N) is 1. The van der Waals surface area contributed by atoms with Crippen molar-refractivity contribution in [1.82, 2.24) is 9.97 Å². The number of nitrogens with one attached hydrogen (secondary N) is 1. The molecule has 3 nitrogen and oxygen atoms in total. The highest BCUT2D eigenvalue weighted by Gasteiger charge is 2.07. The van der Waals surface area contributed by atoms with E-state index in [2.05, 4.69) is 9.97 Å². The number of hydrogen-bond donors (Lipinski definition) is 1. The molecule has 0 aliphatic carbocycles. The van der Waals surface area contributed by atoms with Gasteiger partial charge in [0, 0.05) is 5.56 Å². The predicted molar refractivity (Wildman–Crippen MR) is 59.9 cm³/mol. The van der Waals surface area contributed by atoms with Crippen LogP contribution >= 0.6 is 0 Å². The summed E-state index contributed by atoms with van der Waals surface area (Å²) in [5.74, 6) is 0.735. The first-order chi connectivity index (χ1) is 7.70. The molecule has 0 amide bonds. The van der Waals surface area contributed by atoms with E-state index in [0.717, 1.165) is 17.1 Å². The van der Waals surface area contributed by atoms with Crippen molar-refractivity contribution in [3.05, 3.63) is 36.0 Å². The third-order valence-electron chi connectivity index (χ3n) is 2.25. The SMILES string of the molecule is CCOc1ccc(-c2cnc(C)[nH]2)cc1F. The minimum atomic E-state index is -0.355. The Balaban J connectivity index is 2.34. The van der Waals surface area contributed by atoms with Gasteiger partial charge in [-0.2, -0.15) is 0 Å². The molecule has 0 atom stereocenters. The Morgan fingerprint density at radius 3 is 2.81 bits per heavy atom. The van der Waals surface area contributed by atoms with Crippen LogP contribution in [0.25, 0.3) is 11.3 Å². The summed E-state index contributed by atoms with van der Waals surface area (Å²) >= 11 is 0. The van der Waals surface area contributed by atoms with Crippen molar-refractivity contribution in [2.45, 2.75) is 13.8 Å². The lowest BCUT2D eigenvalue weighted by atomic mass is 10.1. The quantitative estimate of drug-likeness (QED) is 0.863. The van der Waals surface area contributed by atoms with Crippen LogP contribution < -0.4 is 4.74 Å². The van der Waals surface area contributed by atoms with Crippen LogP contribution in [0.5, 0.6) is 5.75 Å². The molecule has 2 rings (SSSR count). The van der Waals surface area contributed by atoms with Crippen LogP contribution in [0.1, 0.15) is 12.7 Å². The Morgan fingerprint density at radius 2 is 2.25 bits per heavy atom. The van der Waals surface area contributed by atoms with Crippen LogP contribution in [-0.2, 0) is 0 Å². The summed E-state index contributed by atoms with van der Waals surface area (Å²) in [7, 11) is 0. The number of halogens is 1. The van der Waals surface area contributed by atoms with Crippen molar-refractivity contribution in [1.29, 1.82) is 0 Å². The first kappa shape index (κ1) is 10.7. The lowest BCUT2D eigenvalue weighted by Crippen LogP contribution is -1.94. The fourth-order valence-electron chi connectivity index (χ4n) is 1.51. The molecule has 1 heterocycles. The smallest absolute Gasteiger partial charge is 0.165 e. The van der Waals surface area contributed by atoms with Crippen LogP contribution in [0.2, 0.25) is 0 Å². The van der Waals surface area contributed by atoms with Gasteiger partial charge in [0.15, 0.2) is 11.6 Å². The van der Waals surface area contributed by atoms with E-state index in [0.29, 0.717) is 6.61 Å². The number of ether oxygens (including phenoxy) is 1. The summed E-state index contributed by atoms with van der Waals surface area (Å²) in [4.78, 5) is 7.12. The second-order valence-corrected chi connectivity index (χ2v) is 3.46. The lowest BCUT2D eigenvalue weighted by molar-refractivity contribution is 0.321. The van der Waals surface area contributed by atoms with Gasteiger partial charge >= 0.3 is 0 Å². The third-order valence-corrected chi connectivity index (χ3v) is 2.25. The minimum absolute atomic E-state index is 0.280. The fourth-order valence-corrected chi connectivity index (χ4v) is 1.51. The molecule has 0 saturated heterocycles. The molecule has 0 aliphatic heterocycles. The van der Waals surface area contributed by atoms with Gasteiger partial charge in [-0.25, -0.2) is 9.37 Å². The second kappa shape index (κ2) is 4.35. The molecular formula is C12H13FN2O. The Labute approximate surface area is 93.3 Å². The Hall–Kier alpha value is -1.84. The lowest BCUT2D eigenvalue weighted by Gasteiger charge is -2.05. The van der Waals surface area contributed by atoms with Crippen molar-refractivity contribution in [3.8, 4) is 17.0 Å². The van der Waals surface area contributed by atoms with Crippen molar-refractivity contribution in [2.75, 3.05) is 6.61 Å². The van der Waals surface area contributed by atoms with Gasteiger partial charge in [-0.3, -0.25) is 0 Å². The molecule has 0 spiro atoms. The number of H-pyrrole nitrogens is 1. The number of hydrogen-bond acceptors (Lipinski definition) is 2. The van der Waals surface area contributed by atoms with E-state index in [4.69, 9.17) is 4.74 Å². The number of aryl methyl sites for hydroxylation is 1. The zero-order chi connectivity index (χ0) is 11.5. The first-order valence-corrected chi connectivity index (χ1v) is 5.15. The van der Waals surface area contributed by atoms with E-state index in [1.165, 1.54) is 6.07 Å². The molecule has 0 bridgehead atoms. The number of imidazole rings is 1. The maximum absolute atomic E-state index is 13.6. The summed E-state index contributed by atoms with van der Waals surface area (Å²) in [6.07, 6.45) is 1.68. The maximum Gasteiger partial charge on any atom is 0.165 e. The molecule has 16 heavy (non-hydrogen) atoms. The first-order valence-electron chi connectivity index (χ1n) is 5.15. The van der Waals surface area contributed by atoms with Gasteiger partial charge in [-0.15, -0.1) is 0 Å². The number of aromatic nitrogens is 2. The van der Waals surface area contributed by atoms with E-state index in [9.17, 15) is 4.39 Å². The largest absolute Gasteiger partial charge is 0.491 e. The number of aromatic amines is 1. The molecule has 1 N–H and O–H groups in total. The molecule has 0 saturated carbocycles. The zero-order valence-corrected chi connectivity index (χ0v) is 9.25. The highest BCUT2D eigenvalue weighted by atomic mass is 19.1. The molecule has 84 valence electrons. The molecule has 0 unspecified atom stereocenters. The standard InChI is InChI=1S/C12H13FN2O/c1-3-16-12-5-4-9(6-10(12)13)11-7-14-8(2)15-11/h4-7H,3H2,1-2H3,(H,14,15). The average Bonchev–Trinajstić information content (AvgIpc) is 2.68. The van der Waals surface area contributed by atoms with Crippen LogP contribution in [0, 0.1) is 12.7 Å². The Bertz CT molecular complexity index is 494. The summed E-state index contributed by atoms with van der Waals surface area (Å²) in [6, 6.07) is 4.88. The third kappa shape index (κ3) is 2.05. The Morgan fingerprint density at radius 1 is 1.44 bits per heavy atom. The van der Waals surface area contributed by atoms with Crippen LogP contribution in [-0.4, -0.2) is 16.6 Å². The zero-order valence-electron chi connectivity index (χ0n) is 9.25. The summed E-state index contributed by atoms with van der Waals surface area (Å²) < 4.78 is 18.7. The van der Waals surface area contributed by atoms with Crippen molar-refractivity contribution in [2.24, 2.45) is 0 Å². The molecule has 0 radical (unpaired) electrons. The number of rotatable bonds is 3. The highest BCUT2D eigenvalue weighted by molar-refractivity contribution is 5.59. The van der Waals surface area contributed by atoms with E-state index < -0.39 is 0 Å². The summed E-state index contributed by atoms with van der Waals surface area (Å²) in [5, 5.41) is 0. The van der Waals surface area contributed by atoms with Gasteiger partial charge in [-0.05, 0) is 32.0 Å². The second-order valence-electron chi connectivity index (χ2n) is 3.46. The van der Waals surface area contributed by atoms with E-state index in [1.807, 2.05) is 13.8 Å². The van der Waals surface area contributed by atoms with Crippen molar-refractivity contribution < 1.29 is 9.13 Å². The monoisotopic (exact) mass is 220 g/mol. The minimum Gasteiger partial charge on any atom is -0.491 e. The molecule has 1 aromatic heterocycles. The van der Waals surface area contributed by atoms with Crippen molar-refractivity contribution in [3.63, 3.8) is 0 Å². The molecule has 4 heteroatoms. The maximum atomic E-state index is 13.6. The van der Waals surface area contributed by atoms with E-state index in [-0.39, 0.29) is 11.6 Å². The van der Waals surface area contributed by atoms with E-state index in [1.54, 1.807) is 18.3 Å². The molecular weight excluding hydrogens is 207 g/mol. The topological polar surface area (TPSA) is 37.9 Å². The van der Waals surface area contributed by atoms with Gasteiger partial charge in [0.25, 0.3) is 0 Å². The van der Waals surface area contributed by atoms with Gasteiger partial charge in [0.2, 0.25) is 0 Å². The average molecular weight is 220 g/mol. The summed E-state index contributed by atoms with van der Waals surface area (Å²) in [5.41, 5.74) is 1.57. The summed E-state index contributed by atoms with van der Waals surface area (Å²) in [6.45, 7) is 4.14. The highest BCUT2D eigenvalue weighted by Crippen LogP contribution is 2.24. The van der Waals surface area contributed by atoms with Crippen LogP contribution in [0.4, 0.5) is 4.39 Å². The van der Waals surface area contributed by atoms with Crippen LogP contribution in [0.15, 0.2) is 24.4 Å². The van der Waals surface area contributed by atoms with E-state index >= 15 is 0 Å². The fraction of sp³-hybridized carbons (Fsp3) is 0.250. The molecule has 1 aromatic carbocycles. The van der Waals surface area contributed by atoms with Crippen LogP contribution in [0.3, 0.4) is 0 Å². The molecule has 2 aromatic rings. The molecule has 0 fully saturated rings. The van der Waals surface area contributed by atoms with Gasteiger partial charge in [0.1, 0.15) is 5.82 Å². The van der Waals surface area contributed by atoms with Gasteiger partial charge < -0.3 is 9.72 Å². The van der Waals surface area contributed by atoms with Gasteiger partial charge in [0.05, 0.1) is 18.5 Å². The number of benzene rings is 1. The van der Waals surface area contributed by atoms with Gasteiger partial charge in [-0.1, -0.05) is 0 Å². The van der Waals surface area contributed by atoms with Crippen molar-refractivity contribution >= 4 is 0 Å². The molecule has 0 aliphatic rings. The normalized spacial score (nSPS) is 10.4. The predicted octanol–water partition coefficient (Wildman–Crippen LogP) is 2.92.